The molecule has 13 heavy (non-hydrogen) atoms. The SMILES string of the molecule is NC(=O)C(F)F.O=C(O)C(F)(F)F. The normalized spacial score (nSPS) is 10.3. The highest BCUT2D eigenvalue weighted by molar-refractivity contribution is 5.76. The van der Waals surface area contributed by atoms with Crippen molar-refractivity contribution in [3.05, 3.63) is 0 Å². The summed E-state index contributed by atoms with van der Waals surface area (Å²) in [7, 11) is 0. The van der Waals surface area contributed by atoms with Crippen molar-refractivity contribution in [2.75, 3.05) is 0 Å². The Morgan fingerprint density at radius 1 is 1.23 bits per heavy atom. The van der Waals surface area contributed by atoms with Crippen LogP contribution in [0.1, 0.15) is 0 Å². The smallest absolute Gasteiger partial charge is 0.475 e. The third-order valence-electron chi connectivity index (χ3n) is 0.458. The van der Waals surface area contributed by atoms with Gasteiger partial charge in [-0.1, -0.05) is 0 Å². The van der Waals surface area contributed by atoms with Gasteiger partial charge in [0.1, 0.15) is 0 Å². The Hall–Kier alpha value is -1.41. The molecule has 0 fully saturated rings. The second-order valence-corrected chi connectivity index (χ2v) is 1.51. The first-order valence-electron chi connectivity index (χ1n) is 2.46. The molecule has 78 valence electrons. The zero-order valence-corrected chi connectivity index (χ0v) is 5.81. The summed E-state index contributed by atoms with van der Waals surface area (Å²) in [6.45, 7) is 0. The second-order valence-electron chi connectivity index (χ2n) is 1.51. The average molecular weight is 209 g/mol. The van der Waals surface area contributed by atoms with Crippen LogP contribution in [0.3, 0.4) is 0 Å². The average Bonchev–Trinajstić information content (AvgIpc) is 1.86. The lowest BCUT2D eigenvalue weighted by Gasteiger charge is -1.93. The number of carbonyl (C=O) groups excluding carboxylic acids is 1. The van der Waals surface area contributed by atoms with Crippen LogP contribution in [0, 0.1) is 0 Å². The van der Waals surface area contributed by atoms with E-state index in [1.165, 1.54) is 0 Å². The first-order chi connectivity index (χ1) is 5.59. The molecular weight excluding hydrogens is 205 g/mol. The Labute approximate surface area is 68.1 Å². The summed E-state index contributed by atoms with van der Waals surface area (Å²) in [6.07, 6.45) is -8.09. The lowest BCUT2D eigenvalue weighted by Crippen LogP contribution is -2.21. The van der Waals surface area contributed by atoms with Gasteiger partial charge in [-0.2, -0.15) is 22.0 Å². The molecule has 0 heterocycles. The number of hydrogen-bond donors (Lipinski definition) is 2. The molecule has 0 aliphatic carbocycles. The quantitative estimate of drug-likeness (QED) is 0.612. The maximum absolute atomic E-state index is 10.7. The van der Waals surface area contributed by atoms with E-state index in [2.05, 4.69) is 5.73 Å². The van der Waals surface area contributed by atoms with Crippen LogP contribution < -0.4 is 5.73 Å². The predicted molar refractivity (Wildman–Crippen MR) is 28.9 cm³/mol. The first kappa shape index (κ1) is 14.1. The molecule has 0 aromatic carbocycles. The van der Waals surface area contributed by atoms with Gasteiger partial charge in [0.25, 0.3) is 5.91 Å². The fourth-order valence-electron chi connectivity index (χ4n) is 0. The number of hydrogen-bond acceptors (Lipinski definition) is 2. The third-order valence-corrected chi connectivity index (χ3v) is 0.458. The highest BCUT2D eigenvalue weighted by Crippen LogP contribution is 2.13. The van der Waals surface area contributed by atoms with Gasteiger partial charge >= 0.3 is 18.6 Å². The maximum Gasteiger partial charge on any atom is 0.490 e. The van der Waals surface area contributed by atoms with Crippen LogP contribution in [0.5, 0.6) is 0 Å². The molecule has 0 atom stereocenters. The lowest BCUT2D eigenvalue weighted by molar-refractivity contribution is -0.192. The number of carbonyl (C=O) groups is 2. The van der Waals surface area contributed by atoms with Crippen molar-refractivity contribution in [2.45, 2.75) is 12.6 Å². The van der Waals surface area contributed by atoms with Crippen LogP contribution in [0.4, 0.5) is 22.0 Å². The third kappa shape index (κ3) is 10.6. The fraction of sp³-hybridized carbons (Fsp3) is 0.500. The number of nitrogens with two attached hydrogens (primary N) is 1. The molecule has 3 N–H and O–H groups in total. The second kappa shape index (κ2) is 5.27. The Bertz CT molecular complexity index is 189. The molecular formula is C4H4F5NO3. The molecule has 0 radical (unpaired) electrons. The van der Waals surface area contributed by atoms with E-state index in [9.17, 15) is 26.7 Å². The monoisotopic (exact) mass is 209 g/mol. The Balaban J connectivity index is 0. The number of carboxylic acids is 1. The van der Waals surface area contributed by atoms with Crippen molar-refractivity contribution >= 4 is 11.9 Å². The zero-order valence-electron chi connectivity index (χ0n) is 5.81. The Kier molecular flexibility index (Phi) is 5.73. The van der Waals surface area contributed by atoms with Crippen LogP contribution in [0.2, 0.25) is 0 Å². The molecule has 4 nitrogen and oxygen atoms in total. The predicted octanol–water partition coefficient (Wildman–Crippen LogP) is 0.370. The topological polar surface area (TPSA) is 80.4 Å². The standard InChI is InChI=1S/C2HF3O2.C2H3F2NO/c3-2(4,5)1(6)7;3-1(4)2(5)6/h(H,6,7);1H,(H2,5,6). The van der Waals surface area contributed by atoms with E-state index < -0.39 is 24.5 Å². The number of rotatable bonds is 1. The van der Waals surface area contributed by atoms with Gasteiger partial charge in [-0.15, -0.1) is 0 Å². The zero-order chi connectivity index (χ0) is 11.2. The van der Waals surface area contributed by atoms with E-state index in [1.807, 2.05) is 0 Å². The van der Waals surface area contributed by atoms with E-state index in [-0.39, 0.29) is 0 Å². The minimum atomic E-state index is -5.08. The Morgan fingerprint density at radius 2 is 1.38 bits per heavy atom. The molecule has 0 aliphatic rings. The first-order valence-corrected chi connectivity index (χ1v) is 2.46. The van der Waals surface area contributed by atoms with Crippen LogP contribution in [0.15, 0.2) is 0 Å². The highest BCUT2D eigenvalue weighted by atomic mass is 19.4. The Morgan fingerprint density at radius 3 is 1.38 bits per heavy atom. The van der Waals surface area contributed by atoms with Crippen LogP contribution in [-0.4, -0.2) is 29.6 Å². The van der Waals surface area contributed by atoms with Gasteiger partial charge in [-0.25, -0.2) is 4.79 Å². The van der Waals surface area contributed by atoms with Gasteiger partial charge in [-0.05, 0) is 0 Å². The lowest BCUT2D eigenvalue weighted by atomic mass is 10.7. The fourth-order valence-corrected chi connectivity index (χ4v) is 0. The van der Waals surface area contributed by atoms with Crippen molar-refractivity contribution in [1.29, 1.82) is 0 Å². The van der Waals surface area contributed by atoms with Crippen LogP contribution in [-0.2, 0) is 9.59 Å². The molecule has 0 aliphatic heterocycles. The summed E-state index contributed by atoms with van der Waals surface area (Å²) < 4.78 is 53.1. The molecule has 0 spiro atoms. The van der Waals surface area contributed by atoms with E-state index >= 15 is 0 Å². The summed E-state index contributed by atoms with van der Waals surface area (Å²) >= 11 is 0. The summed E-state index contributed by atoms with van der Waals surface area (Å²) in [4.78, 5) is 18.1. The maximum atomic E-state index is 10.7. The molecule has 0 saturated heterocycles. The summed E-state index contributed by atoms with van der Waals surface area (Å²) in [6, 6.07) is 0. The van der Waals surface area contributed by atoms with Crippen LogP contribution in [0.25, 0.3) is 0 Å². The van der Waals surface area contributed by atoms with E-state index in [0.29, 0.717) is 0 Å². The van der Waals surface area contributed by atoms with Gasteiger partial charge in [0.05, 0.1) is 0 Å². The van der Waals surface area contributed by atoms with Crippen molar-refractivity contribution in [3.8, 4) is 0 Å². The summed E-state index contributed by atoms with van der Waals surface area (Å²) in [5.74, 6) is -4.33. The van der Waals surface area contributed by atoms with Gasteiger partial charge in [0.2, 0.25) is 0 Å². The van der Waals surface area contributed by atoms with E-state index in [1.54, 1.807) is 0 Å². The number of aliphatic carboxylic acids is 1. The number of carboxylic acid groups (broad SMARTS) is 1. The number of alkyl halides is 5. The van der Waals surface area contributed by atoms with Crippen molar-refractivity contribution in [2.24, 2.45) is 5.73 Å². The minimum absolute atomic E-state index is 1.57. The molecule has 9 heteroatoms. The van der Waals surface area contributed by atoms with Crippen molar-refractivity contribution in [3.63, 3.8) is 0 Å². The molecule has 0 unspecified atom stereocenters. The number of primary amides is 1. The van der Waals surface area contributed by atoms with Gasteiger partial charge in [-0.3, -0.25) is 4.79 Å². The minimum Gasteiger partial charge on any atom is -0.475 e. The molecule has 0 aromatic heterocycles. The molecule has 0 aromatic rings. The molecule has 0 rings (SSSR count). The number of amides is 1. The van der Waals surface area contributed by atoms with Gasteiger partial charge in [0.15, 0.2) is 0 Å². The largest absolute Gasteiger partial charge is 0.490 e. The summed E-state index contributed by atoms with van der Waals surface area (Å²) in [5, 5.41) is 7.12. The summed E-state index contributed by atoms with van der Waals surface area (Å²) in [5.41, 5.74) is 4.05. The van der Waals surface area contributed by atoms with E-state index in [0.717, 1.165) is 0 Å². The van der Waals surface area contributed by atoms with Gasteiger partial charge in [0, 0.05) is 0 Å². The van der Waals surface area contributed by atoms with Gasteiger partial charge < -0.3 is 10.8 Å². The molecule has 0 saturated carbocycles. The van der Waals surface area contributed by atoms with Crippen molar-refractivity contribution in [1.82, 2.24) is 0 Å². The molecule has 0 bridgehead atoms. The molecule has 1 amide bonds. The number of halogens is 5. The van der Waals surface area contributed by atoms with E-state index in [4.69, 9.17) is 9.90 Å². The highest BCUT2D eigenvalue weighted by Gasteiger charge is 2.38. The van der Waals surface area contributed by atoms with Crippen molar-refractivity contribution < 1.29 is 36.6 Å². The van der Waals surface area contributed by atoms with Crippen LogP contribution >= 0.6 is 0 Å².